The summed E-state index contributed by atoms with van der Waals surface area (Å²) in [6.07, 6.45) is 1.52. The quantitative estimate of drug-likeness (QED) is 0.641. The van der Waals surface area contributed by atoms with Gasteiger partial charge in [-0.15, -0.1) is 5.10 Å². The highest BCUT2D eigenvalue weighted by Crippen LogP contribution is 2.29. The van der Waals surface area contributed by atoms with Crippen molar-refractivity contribution in [3.8, 4) is 11.4 Å². The zero-order chi connectivity index (χ0) is 15.4. The summed E-state index contributed by atoms with van der Waals surface area (Å²) in [5.41, 5.74) is 1.60. The number of nitro groups is 1. The number of nitrogens with zero attached hydrogens (tertiary/aromatic N) is 4. The fourth-order valence-electron chi connectivity index (χ4n) is 2.10. The lowest BCUT2D eigenvalue weighted by molar-refractivity contribution is -0.385. The van der Waals surface area contributed by atoms with Crippen LogP contribution in [-0.4, -0.2) is 32.1 Å². The van der Waals surface area contributed by atoms with E-state index < -0.39 is 4.92 Å². The van der Waals surface area contributed by atoms with E-state index in [1.807, 2.05) is 6.92 Å². The van der Waals surface area contributed by atoms with E-state index in [9.17, 15) is 15.2 Å². The van der Waals surface area contributed by atoms with E-state index in [0.717, 1.165) is 12.1 Å². The summed E-state index contributed by atoms with van der Waals surface area (Å²) in [5.74, 6) is 0.184. The second-order valence-corrected chi connectivity index (χ2v) is 4.42. The fraction of sp³-hybridized carbons (Fsp3) is 0.385. The van der Waals surface area contributed by atoms with Crippen molar-refractivity contribution in [2.75, 3.05) is 7.11 Å². The lowest BCUT2D eigenvalue weighted by Crippen LogP contribution is -2.05. The second-order valence-electron chi connectivity index (χ2n) is 4.42. The van der Waals surface area contributed by atoms with Crippen LogP contribution < -0.4 is 4.74 Å². The molecule has 0 amide bonds. The smallest absolute Gasteiger partial charge is 0.313 e. The van der Waals surface area contributed by atoms with Gasteiger partial charge in [0.05, 0.1) is 30.0 Å². The van der Waals surface area contributed by atoms with Gasteiger partial charge in [0.15, 0.2) is 5.75 Å². The van der Waals surface area contributed by atoms with Crippen molar-refractivity contribution in [3.05, 3.63) is 39.7 Å². The largest absolute Gasteiger partial charge is 0.490 e. The molecule has 0 aliphatic heterocycles. The Bertz CT molecular complexity index is 654. The van der Waals surface area contributed by atoms with Crippen LogP contribution in [0.4, 0.5) is 5.69 Å². The third-order valence-electron chi connectivity index (χ3n) is 3.08. The lowest BCUT2D eigenvalue weighted by Gasteiger charge is -2.08. The van der Waals surface area contributed by atoms with Crippen molar-refractivity contribution in [3.63, 3.8) is 0 Å². The molecule has 0 spiro atoms. The Hall–Kier alpha value is -2.48. The molecule has 112 valence electrons. The SMILES string of the molecule is CCCc1c(CO)nnn1-c1ccc(OC)c([N+](=O)[O-])c1. The van der Waals surface area contributed by atoms with Crippen molar-refractivity contribution in [1.29, 1.82) is 0 Å². The Morgan fingerprint density at radius 3 is 2.81 bits per heavy atom. The maximum absolute atomic E-state index is 11.1. The highest BCUT2D eigenvalue weighted by Gasteiger charge is 2.19. The molecule has 0 aliphatic rings. The molecule has 21 heavy (non-hydrogen) atoms. The van der Waals surface area contributed by atoms with Crippen LogP contribution in [0.5, 0.6) is 5.75 Å². The van der Waals surface area contributed by atoms with Gasteiger partial charge in [0.25, 0.3) is 0 Å². The highest BCUT2D eigenvalue weighted by atomic mass is 16.6. The average Bonchev–Trinajstić information content (AvgIpc) is 2.89. The Morgan fingerprint density at radius 1 is 1.48 bits per heavy atom. The van der Waals surface area contributed by atoms with E-state index in [0.29, 0.717) is 17.8 Å². The van der Waals surface area contributed by atoms with Gasteiger partial charge in [-0.2, -0.15) is 0 Å². The number of ether oxygens (including phenoxy) is 1. The molecule has 0 atom stereocenters. The summed E-state index contributed by atoms with van der Waals surface area (Å²) in [4.78, 5) is 10.6. The molecule has 0 unspecified atom stereocenters. The Morgan fingerprint density at radius 2 is 2.24 bits per heavy atom. The number of aliphatic hydroxyl groups is 1. The molecule has 0 radical (unpaired) electrons. The summed E-state index contributed by atoms with van der Waals surface area (Å²) in [5, 5.41) is 28.2. The van der Waals surface area contributed by atoms with Crippen LogP contribution in [0.15, 0.2) is 18.2 Å². The summed E-state index contributed by atoms with van der Waals surface area (Å²) in [6.45, 7) is 1.78. The molecule has 0 saturated heterocycles. The molecular weight excluding hydrogens is 276 g/mol. The van der Waals surface area contributed by atoms with Crippen molar-refractivity contribution in [2.24, 2.45) is 0 Å². The van der Waals surface area contributed by atoms with Gasteiger partial charge in [0.1, 0.15) is 5.69 Å². The van der Waals surface area contributed by atoms with E-state index in [1.165, 1.54) is 23.9 Å². The number of rotatable bonds is 6. The number of hydrogen-bond donors (Lipinski definition) is 1. The standard InChI is InChI=1S/C13H16N4O4/c1-3-4-11-10(8-18)14-15-16(11)9-5-6-13(21-2)12(7-9)17(19)20/h5-7,18H,3-4,8H2,1-2H3. The minimum Gasteiger partial charge on any atom is -0.490 e. The van der Waals surface area contributed by atoms with Crippen LogP contribution >= 0.6 is 0 Å². The first-order valence-corrected chi connectivity index (χ1v) is 6.49. The van der Waals surface area contributed by atoms with Gasteiger partial charge in [-0.1, -0.05) is 18.6 Å². The number of methoxy groups -OCH3 is 1. The third kappa shape index (κ3) is 2.84. The van der Waals surface area contributed by atoms with E-state index >= 15 is 0 Å². The van der Waals surface area contributed by atoms with Gasteiger partial charge in [0, 0.05) is 6.07 Å². The van der Waals surface area contributed by atoms with Crippen LogP contribution in [-0.2, 0) is 13.0 Å². The van der Waals surface area contributed by atoms with Gasteiger partial charge in [-0.05, 0) is 18.6 Å². The molecule has 2 rings (SSSR count). The summed E-state index contributed by atoms with van der Waals surface area (Å²) in [7, 11) is 1.38. The van der Waals surface area contributed by atoms with Crippen LogP contribution in [0.3, 0.4) is 0 Å². The zero-order valence-corrected chi connectivity index (χ0v) is 11.8. The van der Waals surface area contributed by atoms with E-state index in [1.54, 1.807) is 6.07 Å². The maximum Gasteiger partial charge on any atom is 0.313 e. The van der Waals surface area contributed by atoms with Gasteiger partial charge >= 0.3 is 5.69 Å². The average molecular weight is 292 g/mol. The summed E-state index contributed by atoms with van der Waals surface area (Å²) >= 11 is 0. The Labute approximate surface area is 121 Å². The number of hydrogen-bond acceptors (Lipinski definition) is 6. The molecular formula is C13H16N4O4. The minimum atomic E-state index is -0.508. The summed E-state index contributed by atoms with van der Waals surface area (Å²) in [6, 6.07) is 4.57. The topological polar surface area (TPSA) is 103 Å². The molecule has 8 nitrogen and oxygen atoms in total. The molecule has 2 aromatic rings. The molecule has 0 saturated carbocycles. The molecule has 0 bridgehead atoms. The predicted octanol–water partition coefficient (Wildman–Crippen LogP) is 1.63. The minimum absolute atomic E-state index is 0.140. The Balaban J connectivity index is 2.54. The van der Waals surface area contributed by atoms with Crippen LogP contribution in [0, 0.1) is 10.1 Å². The van der Waals surface area contributed by atoms with Crippen molar-refractivity contribution >= 4 is 5.69 Å². The van der Waals surface area contributed by atoms with Crippen LogP contribution in [0.25, 0.3) is 5.69 Å². The highest BCUT2D eigenvalue weighted by molar-refractivity contribution is 5.53. The number of aromatic nitrogens is 3. The first kappa shape index (κ1) is 14.9. The monoisotopic (exact) mass is 292 g/mol. The van der Waals surface area contributed by atoms with Crippen molar-refractivity contribution in [1.82, 2.24) is 15.0 Å². The van der Waals surface area contributed by atoms with Crippen molar-refractivity contribution < 1.29 is 14.8 Å². The predicted molar refractivity (Wildman–Crippen MR) is 74.5 cm³/mol. The third-order valence-corrected chi connectivity index (χ3v) is 3.08. The number of benzene rings is 1. The molecule has 1 aromatic carbocycles. The maximum atomic E-state index is 11.1. The van der Waals surface area contributed by atoms with Gasteiger partial charge < -0.3 is 9.84 Å². The van der Waals surface area contributed by atoms with E-state index in [2.05, 4.69) is 10.3 Å². The summed E-state index contributed by atoms with van der Waals surface area (Å²) < 4.78 is 6.49. The van der Waals surface area contributed by atoms with Crippen LogP contribution in [0.2, 0.25) is 0 Å². The number of nitro benzene ring substituents is 1. The second kappa shape index (κ2) is 6.31. The van der Waals surface area contributed by atoms with Gasteiger partial charge in [-0.25, -0.2) is 4.68 Å². The number of aliphatic hydroxyl groups excluding tert-OH is 1. The first-order chi connectivity index (χ1) is 10.1. The molecule has 1 aromatic heterocycles. The lowest BCUT2D eigenvalue weighted by atomic mass is 10.2. The zero-order valence-electron chi connectivity index (χ0n) is 11.8. The van der Waals surface area contributed by atoms with Crippen LogP contribution in [0.1, 0.15) is 24.7 Å². The van der Waals surface area contributed by atoms with Gasteiger partial charge in [-0.3, -0.25) is 10.1 Å². The fourth-order valence-corrected chi connectivity index (χ4v) is 2.10. The molecule has 8 heteroatoms. The molecule has 0 fully saturated rings. The van der Waals surface area contributed by atoms with E-state index in [-0.39, 0.29) is 18.0 Å². The normalized spacial score (nSPS) is 10.6. The molecule has 1 heterocycles. The first-order valence-electron chi connectivity index (χ1n) is 6.49. The Kier molecular flexibility index (Phi) is 4.49. The van der Waals surface area contributed by atoms with E-state index in [4.69, 9.17) is 4.74 Å². The molecule has 0 aliphatic carbocycles. The van der Waals surface area contributed by atoms with Crippen molar-refractivity contribution in [2.45, 2.75) is 26.4 Å². The van der Waals surface area contributed by atoms with Gasteiger partial charge in [0.2, 0.25) is 0 Å². The molecule has 1 N–H and O–H groups in total.